The van der Waals surface area contributed by atoms with E-state index in [4.69, 9.17) is 26.9 Å². The molecule has 0 spiro atoms. The number of ether oxygens (including phenoxy) is 1. The maximum absolute atomic E-state index is 12.1. The van der Waals surface area contributed by atoms with Crippen molar-refractivity contribution in [3.63, 3.8) is 0 Å². The first-order valence-corrected chi connectivity index (χ1v) is 10.9. The molecule has 0 aromatic heterocycles. The van der Waals surface area contributed by atoms with Gasteiger partial charge in [-0.05, 0) is 29.8 Å². The highest BCUT2D eigenvalue weighted by Gasteiger charge is 2.46. The number of carbonyl (C=O) groups is 2. The molecule has 0 unspecified atom stereocenters. The number of halogens is 1. The van der Waals surface area contributed by atoms with Crippen molar-refractivity contribution in [2.45, 2.75) is 18.7 Å². The molecule has 1 heterocycles. The van der Waals surface area contributed by atoms with Crippen LogP contribution in [0.25, 0.3) is 11.1 Å². The van der Waals surface area contributed by atoms with Gasteiger partial charge in [-0.1, -0.05) is 17.7 Å². The highest BCUT2D eigenvalue weighted by Crippen LogP contribution is 2.42. The van der Waals surface area contributed by atoms with Crippen LogP contribution >= 0.6 is 11.6 Å². The van der Waals surface area contributed by atoms with Crippen molar-refractivity contribution in [1.29, 1.82) is 0 Å². The van der Waals surface area contributed by atoms with Crippen molar-refractivity contribution in [3.8, 4) is 16.9 Å². The first-order chi connectivity index (χ1) is 16.1. The van der Waals surface area contributed by atoms with Crippen LogP contribution in [0.15, 0.2) is 30.3 Å². The summed E-state index contributed by atoms with van der Waals surface area (Å²) in [4.78, 5) is 31.3. The Balaban J connectivity index is 2.10. The average Bonchev–Trinajstić information content (AvgIpc) is 3.16. The summed E-state index contributed by atoms with van der Waals surface area (Å²) in [7, 11) is 5.05. The molecule has 0 radical (unpaired) electrons. The number of nitrogens with zero attached hydrogens (tertiary/aromatic N) is 2. The van der Waals surface area contributed by atoms with E-state index in [0.29, 0.717) is 33.1 Å². The Morgan fingerprint density at radius 1 is 1.21 bits per heavy atom. The van der Waals surface area contributed by atoms with Crippen LogP contribution in [0.5, 0.6) is 5.75 Å². The number of hydroxylamine groups is 2. The van der Waals surface area contributed by atoms with Gasteiger partial charge in [-0.2, -0.15) is 5.06 Å². The Kier molecular flexibility index (Phi) is 8.01. The van der Waals surface area contributed by atoms with Gasteiger partial charge in [0.05, 0.1) is 37.5 Å². The third kappa shape index (κ3) is 4.96. The lowest BCUT2D eigenvalue weighted by Crippen LogP contribution is -2.44. The zero-order chi connectivity index (χ0) is 25.2. The summed E-state index contributed by atoms with van der Waals surface area (Å²) in [6.07, 6.45) is -0.796. The number of hydrogen-bond donors (Lipinski definition) is 4. The third-order valence-corrected chi connectivity index (χ3v) is 6.15. The van der Waals surface area contributed by atoms with Crippen molar-refractivity contribution >= 4 is 29.2 Å². The topological polar surface area (TPSA) is 146 Å². The number of primary amides is 1. The van der Waals surface area contributed by atoms with Crippen molar-refractivity contribution in [2.24, 2.45) is 11.7 Å². The monoisotopic (exact) mass is 493 g/mol. The number of aliphatic hydroxyl groups is 2. The Bertz CT molecular complexity index is 1080. The molecular weight excluding hydrogens is 466 g/mol. The second-order valence-corrected chi connectivity index (χ2v) is 8.59. The van der Waals surface area contributed by atoms with E-state index in [-0.39, 0.29) is 12.1 Å². The first kappa shape index (κ1) is 25.7. The largest absolute Gasteiger partial charge is 0.496 e. The molecule has 3 rings (SSSR count). The number of rotatable bonds is 9. The average molecular weight is 494 g/mol. The predicted molar refractivity (Wildman–Crippen MR) is 126 cm³/mol. The van der Waals surface area contributed by atoms with Crippen LogP contribution in [-0.2, 0) is 16.2 Å². The third-order valence-electron chi connectivity index (χ3n) is 5.83. The Morgan fingerprint density at radius 3 is 2.44 bits per heavy atom. The van der Waals surface area contributed by atoms with Gasteiger partial charge in [0.25, 0.3) is 0 Å². The molecule has 1 saturated heterocycles. The highest BCUT2D eigenvalue weighted by molar-refractivity contribution is 6.33. The van der Waals surface area contributed by atoms with Crippen LogP contribution in [0.3, 0.4) is 0 Å². The van der Waals surface area contributed by atoms with Crippen molar-refractivity contribution in [1.82, 2.24) is 5.06 Å². The van der Waals surface area contributed by atoms with E-state index in [0.717, 1.165) is 0 Å². The molecule has 0 aliphatic carbocycles. The highest BCUT2D eigenvalue weighted by atomic mass is 35.5. The molecule has 1 aliphatic rings. The number of carboxylic acids is 1. The fourth-order valence-corrected chi connectivity index (χ4v) is 4.40. The standard InChI is InChI=1S/C23H28ClN3O7/c1-26(2)15-7-13(6-14(8-15)23(31)32)19-17(24)5-4-12(21(19)33-3)9-27-20(22(25)30)16(10-28)18(11-29)34-27/h4-8,16,18,20,28-29H,9-11H2,1-3H3,(H2,25,30)(H,31,32)/t16-,18+,20+/m1/s1. The number of anilines is 1. The SMILES string of the molecule is COc1c(CN2O[C@@H](CO)[C@@H](CO)[C@H]2C(N)=O)ccc(Cl)c1-c1cc(C(=O)O)cc(N(C)C)c1. The quantitative estimate of drug-likeness (QED) is 0.406. The van der Waals surface area contributed by atoms with Gasteiger partial charge in [-0.15, -0.1) is 0 Å². The maximum Gasteiger partial charge on any atom is 0.335 e. The number of aliphatic hydroxyl groups excluding tert-OH is 2. The molecule has 2 aromatic rings. The van der Waals surface area contributed by atoms with Gasteiger partial charge in [-0.25, -0.2) is 4.79 Å². The Labute approximate surface area is 202 Å². The number of carboxylic acid groups (broad SMARTS) is 1. The van der Waals surface area contributed by atoms with Crippen molar-refractivity contribution in [2.75, 3.05) is 39.3 Å². The van der Waals surface area contributed by atoms with Gasteiger partial charge in [0.15, 0.2) is 0 Å². The van der Waals surface area contributed by atoms with Crippen LogP contribution < -0.4 is 15.4 Å². The zero-order valence-electron chi connectivity index (χ0n) is 19.1. The molecule has 184 valence electrons. The van der Waals surface area contributed by atoms with Crippen LogP contribution in [0, 0.1) is 5.92 Å². The van der Waals surface area contributed by atoms with E-state index in [1.54, 1.807) is 43.3 Å². The lowest BCUT2D eigenvalue weighted by molar-refractivity contribution is -0.180. The molecule has 1 aliphatic heterocycles. The van der Waals surface area contributed by atoms with Gasteiger partial charge in [0.2, 0.25) is 5.91 Å². The minimum Gasteiger partial charge on any atom is -0.496 e. The fourth-order valence-electron chi connectivity index (χ4n) is 4.14. The van der Waals surface area contributed by atoms with Gasteiger partial charge < -0.3 is 30.7 Å². The Morgan fingerprint density at radius 2 is 1.91 bits per heavy atom. The molecular formula is C23H28ClN3O7. The molecule has 1 fully saturated rings. The van der Waals surface area contributed by atoms with Crippen molar-refractivity contribution in [3.05, 3.63) is 46.5 Å². The van der Waals surface area contributed by atoms with Gasteiger partial charge in [0.1, 0.15) is 17.9 Å². The number of benzene rings is 2. The maximum atomic E-state index is 12.1. The van der Waals surface area contributed by atoms with E-state index in [9.17, 15) is 24.9 Å². The van der Waals surface area contributed by atoms with Gasteiger partial charge in [-0.3, -0.25) is 9.63 Å². The molecule has 0 saturated carbocycles. The van der Waals surface area contributed by atoms with Crippen LogP contribution in [0.4, 0.5) is 5.69 Å². The number of aromatic carboxylic acids is 1. The first-order valence-electron chi connectivity index (χ1n) is 10.5. The number of carbonyl (C=O) groups excluding carboxylic acids is 1. The molecule has 34 heavy (non-hydrogen) atoms. The molecule has 3 atom stereocenters. The summed E-state index contributed by atoms with van der Waals surface area (Å²) >= 11 is 6.54. The summed E-state index contributed by atoms with van der Waals surface area (Å²) in [5.74, 6) is -2.13. The van der Waals surface area contributed by atoms with Crippen LogP contribution in [0.2, 0.25) is 5.02 Å². The molecule has 2 aromatic carbocycles. The normalized spacial score (nSPS) is 20.4. The molecule has 11 heteroatoms. The van der Waals surface area contributed by atoms with E-state index in [2.05, 4.69) is 0 Å². The summed E-state index contributed by atoms with van der Waals surface area (Å²) in [6, 6.07) is 7.21. The molecule has 0 bridgehead atoms. The second-order valence-electron chi connectivity index (χ2n) is 8.18. The summed E-state index contributed by atoms with van der Waals surface area (Å²) in [5.41, 5.74) is 7.89. The number of nitrogens with two attached hydrogens (primary N) is 1. The molecule has 10 nitrogen and oxygen atoms in total. The number of methoxy groups -OCH3 is 1. The summed E-state index contributed by atoms with van der Waals surface area (Å²) in [6.45, 7) is -0.759. The smallest absolute Gasteiger partial charge is 0.335 e. The van der Waals surface area contributed by atoms with E-state index in [1.807, 2.05) is 0 Å². The van der Waals surface area contributed by atoms with Gasteiger partial charge >= 0.3 is 5.97 Å². The summed E-state index contributed by atoms with van der Waals surface area (Å²) in [5, 5.41) is 30.6. The minimum absolute atomic E-state index is 0.0348. The van der Waals surface area contributed by atoms with Crippen LogP contribution in [0.1, 0.15) is 15.9 Å². The van der Waals surface area contributed by atoms with E-state index >= 15 is 0 Å². The minimum atomic E-state index is -1.09. The lowest BCUT2D eigenvalue weighted by Gasteiger charge is -2.24. The Hall–Kier alpha value is -2.89. The molecule has 5 N–H and O–H groups in total. The lowest BCUT2D eigenvalue weighted by atomic mass is 9.95. The predicted octanol–water partition coefficient (Wildman–Crippen LogP) is 1.35. The van der Waals surface area contributed by atoms with Crippen molar-refractivity contribution < 1.29 is 34.5 Å². The second kappa shape index (κ2) is 10.6. The van der Waals surface area contributed by atoms with E-state index in [1.165, 1.54) is 18.2 Å². The number of hydrogen-bond acceptors (Lipinski definition) is 8. The van der Waals surface area contributed by atoms with E-state index < -0.39 is 43.2 Å². The fraction of sp³-hybridized carbons (Fsp3) is 0.391. The molecule has 1 amide bonds. The van der Waals surface area contributed by atoms with Crippen LogP contribution in [-0.4, -0.2) is 78.8 Å². The number of amides is 1. The zero-order valence-corrected chi connectivity index (χ0v) is 19.8. The summed E-state index contributed by atoms with van der Waals surface area (Å²) < 4.78 is 5.68. The van der Waals surface area contributed by atoms with Gasteiger partial charge in [0, 0.05) is 36.8 Å².